The van der Waals surface area contributed by atoms with Gasteiger partial charge in [0.15, 0.2) is 0 Å². The van der Waals surface area contributed by atoms with E-state index >= 15 is 0 Å². The minimum atomic E-state index is -6.49. The highest BCUT2D eigenvalue weighted by Gasteiger charge is 2.66. The minimum Gasteiger partial charge on any atom is -0.445 e. The number of carbonyl (C=O) groups is 1. The Morgan fingerprint density at radius 2 is 1.57 bits per heavy atom. The maximum absolute atomic E-state index is 13.8. The van der Waals surface area contributed by atoms with E-state index < -0.39 is 46.1 Å². The lowest BCUT2D eigenvalue weighted by Crippen LogP contribution is -2.58. The van der Waals surface area contributed by atoms with Crippen LogP contribution in [0, 0.1) is 46.3 Å². The van der Waals surface area contributed by atoms with Gasteiger partial charge in [0.05, 0.1) is 12.2 Å². The van der Waals surface area contributed by atoms with Gasteiger partial charge < -0.3 is 14.9 Å². The summed E-state index contributed by atoms with van der Waals surface area (Å²) in [6, 6.07) is 0. The van der Waals surface area contributed by atoms with E-state index in [0.717, 1.165) is 38.5 Å². The molecule has 0 saturated heterocycles. The van der Waals surface area contributed by atoms with Crippen molar-refractivity contribution >= 4 is 16.1 Å². The molecule has 4 fully saturated rings. The first-order valence-electron chi connectivity index (χ1n) is 14.2. The van der Waals surface area contributed by atoms with Crippen molar-refractivity contribution in [1.29, 1.82) is 0 Å². The summed E-state index contributed by atoms with van der Waals surface area (Å²) in [6.07, 6.45) is -5.08. The first kappa shape index (κ1) is 31.9. The number of ether oxygens (including phenoxy) is 1. The molecule has 13 heteroatoms. The van der Waals surface area contributed by atoms with Gasteiger partial charge in [0.25, 0.3) is 6.10 Å². The SMILES string of the molecule is C[C@H](CCC(=O)OC(C(F)(F)F)C(F)(F)S(=O)(=O)O)[C@H]1CC[C@H]2[C@@H]3[C@H](O)CC4C[C@H](O)CC[C@]4(C)[C@H]3CC[C@]12C. The van der Waals surface area contributed by atoms with E-state index in [-0.39, 0.29) is 52.9 Å². The van der Waals surface area contributed by atoms with Crippen LogP contribution in [0.3, 0.4) is 0 Å². The van der Waals surface area contributed by atoms with Gasteiger partial charge in [0, 0.05) is 6.42 Å². The topological polar surface area (TPSA) is 121 Å². The molecule has 0 aromatic heterocycles. The van der Waals surface area contributed by atoms with Crippen molar-refractivity contribution in [2.75, 3.05) is 0 Å². The van der Waals surface area contributed by atoms with Crippen molar-refractivity contribution in [3.05, 3.63) is 0 Å². The number of carbonyl (C=O) groups excluding carboxylic acids is 1. The molecule has 0 aromatic rings. The van der Waals surface area contributed by atoms with Crippen LogP contribution in [-0.4, -0.2) is 58.9 Å². The normalized spacial score (nSPS) is 41.8. The van der Waals surface area contributed by atoms with E-state index in [1.807, 2.05) is 6.92 Å². The van der Waals surface area contributed by atoms with Crippen LogP contribution in [0.5, 0.6) is 0 Å². The molecule has 2 unspecified atom stereocenters. The van der Waals surface area contributed by atoms with E-state index in [2.05, 4.69) is 18.6 Å². The third-order valence-corrected chi connectivity index (χ3v) is 12.3. The molecule has 0 bridgehead atoms. The van der Waals surface area contributed by atoms with Gasteiger partial charge in [-0.2, -0.15) is 30.4 Å². The second-order valence-corrected chi connectivity index (χ2v) is 14.9. The lowest BCUT2D eigenvalue weighted by molar-refractivity contribution is -0.259. The van der Waals surface area contributed by atoms with Crippen molar-refractivity contribution in [2.24, 2.45) is 46.3 Å². The molecule has 0 heterocycles. The Balaban J connectivity index is 1.42. The van der Waals surface area contributed by atoms with Crippen molar-refractivity contribution in [3.8, 4) is 0 Å². The Morgan fingerprint density at radius 3 is 2.17 bits per heavy atom. The largest absolute Gasteiger partial charge is 0.445 e. The summed E-state index contributed by atoms with van der Waals surface area (Å²) < 4.78 is 101. The molecule has 3 N–H and O–H groups in total. The predicted octanol–water partition coefficient (Wildman–Crippen LogP) is 5.35. The Labute approximate surface area is 232 Å². The second kappa shape index (κ2) is 10.6. The van der Waals surface area contributed by atoms with E-state index in [1.165, 1.54) is 0 Å². The summed E-state index contributed by atoms with van der Waals surface area (Å²) in [5.41, 5.74) is -0.119. The maximum atomic E-state index is 13.8. The van der Waals surface area contributed by atoms with Crippen LogP contribution in [0.1, 0.15) is 85.0 Å². The summed E-state index contributed by atoms with van der Waals surface area (Å²) in [7, 11) is -6.49. The Hall–Kier alpha value is -1.05. The molecule has 0 aliphatic heterocycles. The Kier molecular flexibility index (Phi) is 8.44. The number of hydrogen-bond donors (Lipinski definition) is 3. The van der Waals surface area contributed by atoms with Gasteiger partial charge in [-0.25, -0.2) is 0 Å². The van der Waals surface area contributed by atoms with Gasteiger partial charge in [0.2, 0.25) is 0 Å². The van der Waals surface area contributed by atoms with Crippen LogP contribution in [-0.2, 0) is 19.6 Å². The van der Waals surface area contributed by atoms with Crippen LogP contribution in [0.2, 0.25) is 0 Å². The highest BCUT2D eigenvalue weighted by Crippen LogP contribution is 2.68. The van der Waals surface area contributed by atoms with E-state index in [0.29, 0.717) is 18.8 Å². The fourth-order valence-electron chi connectivity index (χ4n) is 9.37. The molecular formula is C27H41F5O7S. The smallest absolute Gasteiger partial charge is 0.432 e. The molecule has 4 saturated carbocycles. The number of fused-ring (bicyclic) bond motifs is 5. The van der Waals surface area contributed by atoms with Crippen LogP contribution in [0.15, 0.2) is 0 Å². The quantitative estimate of drug-likeness (QED) is 0.204. The maximum Gasteiger partial charge on any atom is 0.432 e. The van der Waals surface area contributed by atoms with Crippen LogP contribution < -0.4 is 0 Å². The third kappa shape index (κ3) is 5.41. The summed E-state index contributed by atoms with van der Waals surface area (Å²) in [5, 5.41) is 15.8. The molecule has 0 radical (unpaired) electrons. The fourth-order valence-corrected chi connectivity index (χ4v) is 9.83. The predicted molar refractivity (Wildman–Crippen MR) is 133 cm³/mol. The number of alkyl halides is 5. The number of hydrogen-bond acceptors (Lipinski definition) is 6. The molecule has 4 rings (SSSR count). The van der Waals surface area contributed by atoms with Crippen molar-refractivity contribution in [2.45, 2.75) is 115 Å². The highest BCUT2D eigenvalue weighted by molar-refractivity contribution is 7.86. The summed E-state index contributed by atoms with van der Waals surface area (Å²) >= 11 is 0. The van der Waals surface area contributed by atoms with Crippen molar-refractivity contribution in [3.63, 3.8) is 0 Å². The average molecular weight is 605 g/mol. The standard InChI is InChI=1S/C27H41F5O7S/c1-14(4-7-21(35)39-23(26(28,29)30)27(31,32)40(36,37)38)17-5-6-18-22-19(9-11-25(17,18)3)24(2)10-8-16(33)12-15(24)13-20(22)34/h14-20,22-23,33-34H,4-13H2,1-3H3,(H,36,37,38)/t14-,15?,16-,17-,18+,19+,20-,22+,23?,24+,25-/m1/s1. The number of aliphatic hydroxyl groups is 2. The Morgan fingerprint density at radius 1 is 0.975 bits per heavy atom. The first-order valence-corrected chi connectivity index (χ1v) is 15.6. The van der Waals surface area contributed by atoms with Crippen LogP contribution in [0.25, 0.3) is 0 Å². The molecule has 0 amide bonds. The van der Waals surface area contributed by atoms with Crippen LogP contribution in [0.4, 0.5) is 22.0 Å². The minimum absolute atomic E-state index is 0.0526. The lowest BCUT2D eigenvalue weighted by atomic mass is 9.43. The third-order valence-electron chi connectivity index (χ3n) is 11.4. The first-order chi connectivity index (χ1) is 18.2. The van der Waals surface area contributed by atoms with Crippen molar-refractivity contribution < 1.29 is 54.7 Å². The van der Waals surface area contributed by atoms with E-state index in [1.54, 1.807) is 0 Å². The second-order valence-electron chi connectivity index (χ2n) is 13.4. The molecular weight excluding hydrogens is 563 g/mol. The van der Waals surface area contributed by atoms with E-state index in [4.69, 9.17) is 4.55 Å². The van der Waals surface area contributed by atoms with Gasteiger partial charge >= 0.3 is 27.5 Å². The zero-order chi connectivity index (χ0) is 30.1. The van der Waals surface area contributed by atoms with Gasteiger partial charge in [-0.05, 0) is 104 Å². The van der Waals surface area contributed by atoms with Gasteiger partial charge in [-0.1, -0.05) is 20.8 Å². The van der Waals surface area contributed by atoms with E-state index in [9.17, 15) is 45.4 Å². The summed E-state index contributed by atoms with van der Waals surface area (Å²) in [6.45, 7) is 6.34. The average Bonchev–Trinajstić information content (AvgIpc) is 3.17. The zero-order valence-corrected chi connectivity index (χ0v) is 23.9. The summed E-state index contributed by atoms with van der Waals surface area (Å²) in [5.74, 6) is -0.760. The summed E-state index contributed by atoms with van der Waals surface area (Å²) in [4.78, 5) is 12.2. The molecule has 11 atom stereocenters. The number of halogens is 5. The van der Waals surface area contributed by atoms with Gasteiger partial charge in [-0.15, -0.1) is 0 Å². The van der Waals surface area contributed by atoms with Gasteiger partial charge in [-0.3, -0.25) is 9.35 Å². The van der Waals surface area contributed by atoms with Crippen LogP contribution >= 0.6 is 0 Å². The van der Waals surface area contributed by atoms with Crippen molar-refractivity contribution in [1.82, 2.24) is 0 Å². The number of esters is 1. The monoisotopic (exact) mass is 604 g/mol. The molecule has 0 spiro atoms. The molecule has 40 heavy (non-hydrogen) atoms. The highest BCUT2D eigenvalue weighted by atomic mass is 32.2. The molecule has 4 aliphatic rings. The number of aliphatic hydroxyl groups excluding tert-OH is 2. The molecule has 232 valence electrons. The molecule has 4 aliphatic carbocycles. The van der Waals surface area contributed by atoms with Gasteiger partial charge in [0.1, 0.15) is 0 Å². The Bertz CT molecular complexity index is 1070. The zero-order valence-electron chi connectivity index (χ0n) is 23.0. The fraction of sp³-hybridized carbons (Fsp3) is 0.963. The number of rotatable bonds is 7. The molecule has 0 aromatic carbocycles. The molecule has 7 nitrogen and oxygen atoms in total. The lowest BCUT2D eigenvalue weighted by Gasteiger charge is -2.62.